The largest absolute Gasteiger partial charge is 0.483 e. The Kier molecular flexibility index (Phi) is 5.45. The molecule has 0 fully saturated rings. The second-order valence-electron chi connectivity index (χ2n) is 5.05. The molecule has 0 spiro atoms. The van der Waals surface area contributed by atoms with Crippen molar-refractivity contribution in [3.63, 3.8) is 0 Å². The summed E-state index contributed by atoms with van der Waals surface area (Å²) in [5.41, 5.74) is 0.0848. The zero-order chi connectivity index (χ0) is 18.0. The van der Waals surface area contributed by atoms with Crippen LogP contribution < -0.4 is 10.1 Å². The summed E-state index contributed by atoms with van der Waals surface area (Å²) in [5.74, 6) is -2.22. The van der Waals surface area contributed by atoms with E-state index in [1.54, 1.807) is 12.1 Å². The van der Waals surface area contributed by atoms with Gasteiger partial charge in [0.1, 0.15) is 23.7 Å². The molecule has 0 saturated heterocycles. The van der Waals surface area contributed by atoms with Gasteiger partial charge in [0, 0.05) is 5.02 Å². The van der Waals surface area contributed by atoms with Crippen LogP contribution in [0.2, 0.25) is 5.02 Å². The quantitative estimate of drug-likeness (QED) is 0.567. The van der Waals surface area contributed by atoms with Crippen LogP contribution in [0.4, 0.5) is 8.78 Å². The van der Waals surface area contributed by atoms with Crippen molar-refractivity contribution < 1.29 is 23.7 Å². The first-order chi connectivity index (χ1) is 12.0. The van der Waals surface area contributed by atoms with Crippen molar-refractivity contribution in [2.24, 2.45) is 0 Å². The number of fused-ring (bicyclic) bond motifs is 1. The first kappa shape index (κ1) is 18.0. The van der Waals surface area contributed by atoms with Crippen LogP contribution in [0.3, 0.4) is 0 Å². The van der Waals surface area contributed by atoms with E-state index in [2.05, 4.69) is 10.3 Å². The molecule has 1 heterocycles. The minimum atomic E-state index is -1.70. The van der Waals surface area contributed by atoms with Gasteiger partial charge in [-0.1, -0.05) is 11.6 Å². The lowest BCUT2D eigenvalue weighted by Crippen LogP contribution is -2.24. The molecule has 0 radical (unpaired) electrons. The van der Waals surface area contributed by atoms with E-state index in [0.717, 1.165) is 16.8 Å². The summed E-state index contributed by atoms with van der Waals surface area (Å²) in [7, 11) is 0. The average molecular weight is 387 g/mol. The van der Waals surface area contributed by atoms with Crippen molar-refractivity contribution in [3.05, 3.63) is 57.6 Å². The van der Waals surface area contributed by atoms with Crippen molar-refractivity contribution in [2.75, 3.05) is 6.73 Å². The molecule has 0 bridgehead atoms. The monoisotopic (exact) mass is 386 g/mol. The second kappa shape index (κ2) is 7.59. The van der Waals surface area contributed by atoms with Crippen LogP contribution in [0.25, 0.3) is 10.2 Å². The topological polar surface area (TPSA) is 74.6 Å². The van der Waals surface area contributed by atoms with Gasteiger partial charge in [-0.05, 0) is 30.3 Å². The highest BCUT2D eigenvalue weighted by atomic mass is 35.5. The highest BCUT2D eigenvalue weighted by molar-refractivity contribution is 7.18. The van der Waals surface area contributed by atoms with E-state index in [9.17, 15) is 13.9 Å². The van der Waals surface area contributed by atoms with Gasteiger partial charge < -0.3 is 14.9 Å². The summed E-state index contributed by atoms with van der Waals surface area (Å²) in [4.78, 5) is 4.34. The van der Waals surface area contributed by atoms with Crippen LogP contribution in [-0.2, 0) is 6.61 Å². The molecule has 0 aliphatic carbocycles. The molecule has 132 valence electrons. The molecule has 5 nitrogen and oxygen atoms in total. The molecule has 0 aliphatic rings. The fourth-order valence-corrected chi connectivity index (χ4v) is 3.28. The van der Waals surface area contributed by atoms with E-state index < -0.39 is 30.2 Å². The first-order valence-electron chi connectivity index (χ1n) is 7.17. The number of rotatable bonds is 6. The minimum Gasteiger partial charge on any atom is -0.483 e. The normalized spacial score (nSPS) is 12.5. The first-order valence-corrected chi connectivity index (χ1v) is 8.37. The number of hydrogen-bond acceptors (Lipinski definition) is 6. The smallest absolute Gasteiger partial charge is 0.175 e. The van der Waals surface area contributed by atoms with Gasteiger partial charge in [0.2, 0.25) is 0 Å². The van der Waals surface area contributed by atoms with Gasteiger partial charge >= 0.3 is 0 Å². The molecule has 2 aromatic carbocycles. The predicted molar refractivity (Wildman–Crippen MR) is 90.5 cm³/mol. The van der Waals surface area contributed by atoms with E-state index in [1.165, 1.54) is 11.3 Å². The van der Waals surface area contributed by atoms with Crippen LogP contribution in [-0.4, -0.2) is 21.9 Å². The molecule has 1 aromatic heterocycles. The van der Waals surface area contributed by atoms with Gasteiger partial charge in [0.05, 0.1) is 22.5 Å². The molecular weight excluding hydrogens is 374 g/mol. The van der Waals surface area contributed by atoms with Crippen molar-refractivity contribution in [2.45, 2.75) is 12.8 Å². The number of nitrogens with zero attached hydrogens (tertiary/aromatic N) is 1. The summed E-state index contributed by atoms with van der Waals surface area (Å²) in [6, 6.07) is 7.39. The lowest BCUT2D eigenvalue weighted by molar-refractivity contribution is 0.0909. The third-order valence-corrected chi connectivity index (χ3v) is 4.64. The van der Waals surface area contributed by atoms with Crippen LogP contribution in [0.5, 0.6) is 5.75 Å². The zero-order valence-corrected chi connectivity index (χ0v) is 14.2. The molecule has 3 aromatic rings. The molecular formula is C16H13ClF2N2O3S. The van der Waals surface area contributed by atoms with Crippen LogP contribution in [0, 0.1) is 11.6 Å². The number of hydrogen-bond donors (Lipinski definition) is 3. The van der Waals surface area contributed by atoms with Crippen molar-refractivity contribution in [3.8, 4) is 5.75 Å². The number of aromatic nitrogens is 1. The van der Waals surface area contributed by atoms with Crippen LogP contribution >= 0.6 is 22.9 Å². The Morgan fingerprint density at radius 2 is 2.08 bits per heavy atom. The van der Waals surface area contributed by atoms with E-state index in [0.29, 0.717) is 15.5 Å². The van der Waals surface area contributed by atoms with Gasteiger partial charge in [0.25, 0.3) is 0 Å². The summed E-state index contributed by atoms with van der Waals surface area (Å²) in [5, 5.41) is 21.7. The third-order valence-electron chi connectivity index (χ3n) is 3.39. The van der Waals surface area contributed by atoms with Gasteiger partial charge in [0.15, 0.2) is 11.6 Å². The highest BCUT2D eigenvalue weighted by Gasteiger charge is 2.21. The Balaban J connectivity index is 1.81. The lowest BCUT2D eigenvalue weighted by atomic mass is 10.1. The molecule has 25 heavy (non-hydrogen) atoms. The number of benzene rings is 2. The maximum Gasteiger partial charge on any atom is 0.175 e. The number of ether oxygens (including phenoxy) is 1. The fourth-order valence-electron chi connectivity index (χ4n) is 2.25. The summed E-state index contributed by atoms with van der Waals surface area (Å²) >= 11 is 7.28. The minimum absolute atomic E-state index is 0.0253. The Morgan fingerprint density at radius 1 is 1.28 bits per heavy atom. The number of nitrogens with one attached hydrogen (secondary N) is 1. The summed E-state index contributed by atoms with van der Waals surface area (Å²) in [6.07, 6.45) is -1.70. The maximum atomic E-state index is 14.4. The molecule has 0 aliphatic heterocycles. The number of thiazole rings is 1. The zero-order valence-electron chi connectivity index (χ0n) is 12.7. The van der Waals surface area contributed by atoms with E-state index in [-0.39, 0.29) is 12.4 Å². The van der Waals surface area contributed by atoms with Gasteiger partial charge in [-0.25, -0.2) is 13.8 Å². The third kappa shape index (κ3) is 3.88. The molecule has 9 heteroatoms. The molecule has 1 atom stereocenters. The van der Waals surface area contributed by atoms with Crippen molar-refractivity contribution >= 4 is 33.2 Å². The number of halogens is 3. The van der Waals surface area contributed by atoms with Crippen LogP contribution in [0.15, 0.2) is 30.3 Å². The molecule has 3 rings (SSSR count). The van der Waals surface area contributed by atoms with Gasteiger partial charge in [-0.15, -0.1) is 11.3 Å². The van der Waals surface area contributed by atoms with Crippen molar-refractivity contribution in [1.82, 2.24) is 10.3 Å². The highest BCUT2D eigenvalue weighted by Crippen LogP contribution is 2.29. The molecule has 1 unspecified atom stereocenters. The molecule has 3 N–H and O–H groups in total. The van der Waals surface area contributed by atoms with E-state index in [1.807, 2.05) is 6.07 Å². The standard InChI is InChI=1S/C16H13ClF2N2O3S/c17-8-1-4-12-10(5-8)21-13(25-12)6-24-11-3-2-9(18)14(15(11)19)16(23)20-7-22/h1-5,16,20,22-23H,6-7H2. The Hall–Kier alpha value is -1.84. The molecule has 0 saturated carbocycles. The van der Waals surface area contributed by atoms with Gasteiger partial charge in [-0.2, -0.15) is 0 Å². The maximum absolute atomic E-state index is 14.4. The second-order valence-corrected chi connectivity index (χ2v) is 6.60. The van der Waals surface area contributed by atoms with Gasteiger partial charge in [-0.3, -0.25) is 5.32 Å². The van der Waals surface area contributed by atoms with Crippen LogP contribution in [0.1, 0.15) is 16.8 Å². The van der Waals surface area contributed by atoms with E-state index in [4.69, 9.17) is 21.4 Å². The Morgan fingerprint density at radius 3 is 2.84 bits per heavy atom. The Bertz CT molecular complexity index is 906. The lowest BCUT2D eigenvalue weighted by Gasteiger charge is -2.15. The fraction of sp³-hybridized carbons (Fsp3) is 0.188. The SMILES string of the molecule is OCNC(O)c1c(F)ccc(OCc2nc3cc(Cl)ccc3s2)c1F. The van der Waals surface area contributed by atoms with E-state index >= 15 is 0 Å². The van der Waals surface area contributed by atoms with Crippen molar-refractivity contribution in [1.29, 1.82) is 0 Å². The summed E-state index contributed by atoms with van der Waals surface area (Å²) in [6.45, 7) is -0.665. The Labute approximate surface area is 150 Å². The number of aliphatic hydroxyl groups excluding tert-OH is 2. The average Bonchev–Trinajstić information content (AvgIpc) is 2.96. The number of aliphatic hydroxyl groups is 2. The predicted octanol–water partition coefficient (Wildman–Crippen LogP) is 3.34. The molecule has 0 amide bonds. The summed E-state index contributed by atoms with van der Waals surface area (Å²) < 4.78 is 34.4.